The lowest BCUT2D eigenvalue weighted by Gasteiger charge is -2.32. The van der Waals surface area contributed by atoms with Crippen molar-refractivity contribution in [1.82, 2.24) is 9.91 Å². The Balaban J connectivity index is 2.10. The van der Waals surface area contributed by atoms with Crippen molar-refractivity contribution >= 4 is 22.0 Å². The van der Waals surface area contributed by atoms with Crippen molar-refractivity contribution in [3.63, 3.8) is 0 Å². The van der Waals surface area contributed by atoms with Gasteiger partial charge in [-0.3, -0.25) is 5.01 Å². The highest BCUT2D eigenvalue weighted by molar-refractivity contribution is 9.10. The highest BCUT2D eigenvalue weighted by atomic mass is 79.9. The molecule has 1 saturated heterocycles. The molecule has 0 unspecified atom stereocenters. The number of benzene rings is 1. The summed E-state index contributed by atoms with van der Waals surface area (Å²) in [5.74, 6) is 5.59. The molecule has 1 aliphatic heterocycles. The summed E-state index contributed by atoms with van der Waals surface area (Å²) in [7, 11) is 0. The second-order valence-electron chi connectivity index (χ2n) is 3.84. The van der Waals surface area contributed by atoms with E-state index in [1.165, 1.54) is 5.01 Å². The van der Waals surface area contributed by atoms with Crippen LogP contribution in [0, 0.1) is 0 Å². The minimum Gasteiger partial charge on any atom is -0.319 e. The number of nitrogens with two attached hydrogens (primary N) is 1. The number of carbonyl (C=O) groups excluding carboxylic acids is 1. The molecule has 1 aliphatic rings. The largest absolute Gasteiger partial charge is 0.334 e. The molecule has 0 spiro atoms. The second-order valence-corrected chi connectivity index (χ2v) is 4.70. The summed E-state index contributed by atoms with van der Waals surface area (Å²) in [5, 5.41) is 1.28. The van der Waals surface area contributed by atoms with Gasteiger partial charge in [0.15, 0.2) is 0 Å². The van der Waals surface area contributed by atoms with E-state index >= 15 is 0 Å². The number of rotatable bonds is 2. The topological polar surface area (TPSA) is 49.6 Å². The maximum atomic E-state index is 11.8. The molecule has 1 heterocycles. The molecule has 1 fully saturated rings. The molecule has 1 aromatic carbocycles. The molecule has 4 nitrogen and oxygen atoms in total. The van der Waals surface area contributed by atoms with E-state index in [4.69, 9.17) is 5.84 Å². The summed E-state index contributed by atoms with van der Waals surface area (Å²) >= 11 is 3.48. The fourth-order valence-corrected chi connectivity index (χ4v) is 2.19. The van der Waals surface area contributed by atoms with Gasteiger partial charge in [0.05, 0.1) is 0 Å². The van der Waals surface area contributed by atoms with Crippen molar-refractivity contribution in [2.24, 2.45) is 5.84 Å². The molecule has 2 N–H and O–H groups in total. The van der Waals surface area contributed by atoms with Crippen LogP contribution in [-0.4, -0.2) is 29.0 Å². The first kappa shape index (κ1) is 11.4. The zero-order chi connectivity index (χ0) is 11.5. The highest BCUT2D eigenvalue weighted by Gasteiger charge is 2.23. The van der Waals surface area contributed by atoms with Gasteiger partial charge < -0.3 is 4.90 Å². The fourth-order valence-electron chi connectivity index (χ4n) is 1.78. The van der Waals surface area contributed by atoms with Crippen LogP contribution in [0.4, 0.5) is 4.79 Å². The Kier molecular flexibility index (Phi) is 3.46. The van der Waals surface area contributed by atoms with Crippen LogP contribution in [0.1, 0.15) is 12.0 Å². The van der Waals surface area contributed by atoms with Crippen molar-refractivity contribution in [2.45, 2.75) is 13.0 Å². The van der Waals surface area contributed by atoms with E-state index in [0.717, 1.165) is 23.0 Å². The molecule has 16 heavy (non-hydrogen) atoms. The number of halogens is 1. The Labute approximate surface area is 103 Å². The van der Waals surface area contributed by atoms with Crippen LogP contribution in [0.15, 0.2) is 28.7 Å². The molecule has 0 bridgehead atoms. The lowest BCUT2D eigenvalue weighted by atomic mass is 10.2. The highest BCUT2D eigenvalue weighted by Crippen LogP contribution is 2.19. The second kappa shape index (κ2) is 4.84. The average molecular weight is 284 g/mol. The van der Waals surface area contributed by atoms with Crippen molar-refractivity contribution in [3.8, 4) is 0 Å². The van der Waals surface area contributed by atoms with Crippen LogP contribution in [0.2, 0.25) is 0 Å². The van der Waals surface area contributed by atoms with Crippen molar-refractivity contribution in [3.05, 3.63) is 34.3 Å². The molecule has 5 heteroatoms. The van der Waals surface area contributed by atoms with Crippen molar-refractivity contribution < 1.29 is 4.79 Å². The van der Waals surface area contributed by atoms with Gasteiger partial charge in [-0.1, -0.05) is 34.1 Å². The van der Waals surface area contributed by atoms with Gasteiger partial charge in [0, 0.05) is 24.1 Å². The van der Waals surface area contributed by atoms with E-state index < -0.39 is 0 Å². The van der Waals surface area contributed by atoms with E-state index in [0.29, 0.717) is 13.1 Å². The van der Waals surface area contributed by atoms with Gasteiger partial charge in [-0.25, -0.2) is 10.6 Å². The van der Waals surface area contributed by atoms with E-state index in [1.54, 1.807) is 4.90 Å². The first-order chi connectivity index (χ1) is 7.68. The number of carbonyl (C=O) groups is 1. The van der Waals surface area contributed by atoms with E-state index in [2.05, 4.69) is 15.9 Å². The predicted octanol–water partition coefficient (Wildman–Crippen LogP) is 1.95. The van der Waals surface area contributed by atoms with Crippen LogP contribution in [-0.2, 0) is 6.54 Å². The number of nitrogens with zero attached hydrogens (tertiary/aromatic N) is 2. The minimum absolute atomic E-state index is 0.0954. The Hall–Kier alpha value is -1.07. The molecule has 86 valence electrons. The summed E-state index contributed by atoms with van der Waals surface area (Å²) in [4.78, 5) is 13.5. The van der Waals surface area contributed by atoms with E-state index in [9.17, 15) is 4.79 Å². The lowest BCUT2D eigenvalue weighted by molar-refractivity contribution is 0.127. The smallest absolute Gasteiger partial charge is 0.319 e. The van der Waals surface area contributed by atoms with Crippen LogP contribution >= 0.6 is 15.9 Å². The van der Waals surface area contributed by atoms with Gasteiger partial charge in [-0.15, -0.1) is 0 Å². The summed E-state index contributed by atoms with van der Waals surface area (Å²) in [5.41, 5.74) is 1.10. The van der Waals surface area contributed by atoms with Gasteiger partial charge in [-0.2, -0.15) is 0 Å². The molecule has 0 aromatic heterocycles. The van der Waals surface area contributed by atoms with E-state index in [1.807, 2.05) is 24.3 Å². The maximum absolute atomic E-state index is 11.8. The van der Waals surface area contributed by atoms with Crippen LogP contribution in [0.25, 0.3) is 0 Å². The molecule has 2 amide bonds. The van der Waals surface area contributed by atoms with Gasteiger partial charge in [0.1, 0.15) is 0 Å². The van der Waals surface area contributed by atoms with Gasteiger partial charge in [-0.05, 0) is 18.1 Å². The first-order valence-electron chi connectivity index (χ1n) is 5.23. The number of amides is 2. The molecule has 0 radical (unpaired) electrons. The minimum atomic E-state index is -0.0954. The van der Waals surface area contributed by atoms with Gasteiger partial charge in [0.25, 0.3) is 0 Å². The number of urea groups is 1. The van der Waals surface area contributed by atoms with Crippen LogP contribution < -0.4 is 5.84 Å². The zero-order valence-corrected chi connectivity index (χ0v) is 10.5. The van der Waals surface area contributed by atoms with Crippen LogP contribution in [0.5, 0.6) is 0 Å². The Bertz CT molecular complexity index is 397. The third kappa shape index (κ3) is 2.36. The molecular weight excluding hydrogens is 270 g/mol. The molecule has 0 saturated carbocycles. The van der Waals surface area contributed by atoms with Gasteiger partial charge >= 0.3 is 6.03 Å². The average Bonchev–Trinajstić information content (AvgIpc) is 2.28. The Morgan fingerprint density at radius 3 is 2.81 bits per heavy atom. The number of hydrogen-bond acceptors (Lipinski definition) is 2. The Morgan fingerprint density at radius 1 is 1.31 bits per heavy atom. The van der Waals surface area contributed by atoms with E-state index in [-0.39, 0.29) is 6.03 Å². The van der Waals surface area contributed by atoms with Crippen LogP contribution in [0.3, 0.4) is 0 Å². The quantitative estimate of drug-likeness (QED) is 0.666. The lowest BCUT2D eigenvalue weighted by Crippen LogP contribution is -2.52. The summed E-state index contributed by atoms with van der Waals surface area (Å²) in [6.45, 7) is 2.02. The zero-order valence-electron chi connectivity index (χ0n) is 8.90. The maximum Gasteiger partial charge on any atom is 0.334 e. The first-order valence-corrected chi connectivity index (χ1v) is 6.02. The molecular formula is C11H14BrN3O. The third-order valence-corrected chi connectivity index (χ3v) is 3.44. The summed E-state index contributed by atoms with van der Waals surface area (Å²) in [6.07, 6.45) is 0.923. The molecule has 2 rings (SSSR count). The molecule has 0 atom stereocenters. The van der Waals surface area contributed by atoms with Gasteiger partial charge in [0.2, 0.25) is 0 Å². The number of hydrogen-bond donors (Lipinski definition) is 1. The number of hydrazine groups is 1. The third-order valence-electron chi connectivity index (χ3n) is 2.66. The standard InChI is InChI=1S/C11H14BrN3O/c12-10-5-2-1-4-9(10)8-14-6-3-7-15(13)11(14)16/h1-2,4-5H,3,6-8,13H2. The molecule has 1 aromatic rings. The summed E-state index contributed by atoms with van der Waals surface area (Å²) in [6, 6.07) is 7.81. The monoisotopic (exact) mass is 283 g/mol. The predicted molar refractivity (Wildman–Crippen MR) is 65.5 cm³/mol. The summed E-state index contributed by atoms with van der Waals surface area (Å²) < 4.78 is 1.02. The normalized spacial score (nSPS) is 16.8. The SMILES string of the molecule is NN1CCCN(Cc2ccccc2Br)C1=O. The molecule has 0 aliphatic carbocycles. The van der Waals surface area contributed by atoms with Crippen molar-refractivity contribution in [2.75, 3.05) is 13.1 Å². The van der Waals surface area contributed by atoms with Crippen molar-refractivity contribution in [1.29, 1.82) is 0 Å². The fraction of sp³-hybridized carbons (Fsp3) is 0.364. The Morgan fingerprint density at radius 2 is 2.06 bits per heavy atom.